The number of para-hydroxylation sites is 1. The number of rotatable bonds is 7. The van der Waals surface area contributed by atoms with Gasteiger partial charge < -0.3 is 9.47 Å². The van der Waals surface area contributed by atoms with Crippen LogP contribution in [-0.4, -0.2) is 25.8 Å². The van der Waals surface area contributed by atoms with E-state index in [0.29, 0.717) is 23.8 Å². The Kier molecular flexibility index (Phi) is 6.78. The predicted octanol–water partition coefficient (Wildman–Crippen LogP) is 4.29. The number of amides is 1. The Morgan fingerprint density at radius 2 is 1.96 bits per heavy atom. The molecule has 0 aliphatic carbocycles. The van der Waals surface area contributed by atoms with Crippen molar-refractivity contribution in [3.63, 3.8) is 0 Å². The molecule has 2 rings (SSSR count). The normalized spacial score (nSPS) is 11.0. The molecule has 0 aliphatic heterocycles. The van der Waals surface area contributed by atoms with Crippen LogP contribution in [0.15, 0.2) is 41.5 Å². The maximum absolute atomic E-state index is 12.3. The molecule has 5 nitrogen and oxygen atoms in total. The summed E-state index contributed by atoms with van der Waals surface area (Å²) >= 11 is 0. The van der Waals surface area contributed by atoms with Crippen molar-refractivity contribution in [2.24, 2.45) is 5.10 Å². The van der Waals surface area contributed by atoms with E-state index in [1.54, 1.807) is 24.4 Å². The molecular formula is C21H26N2O3. The molecular weight excluding hydrogens is 328 g/mol. The highest BCUT2D eigenvalue weighted by Gasteiger charge is 2.12. The minimum absolute atomic E-state index is 0.314. The molecule has 2 aromatic rings. The molecule has 1 N–H and O–H groups in total. The SMILES string of the molecule is CCOc1cc(C)c(/C=N\NC(=O)c2ccccc2OC)cc1C(C)C. The number of methoxy groups -OCH3 is 1. The summed E-state index contributed by atoms with van der Waals surface area (Å²) in [7, 11) is 1.53. The van der Waals surface area contributed by atoms with E-state index in [-0.39, 0.29) is 5.91 Å². The van der Waals surface area contributed by atoms with Crippen molar-refractivity contribution in [3.8, 4) is 11.5 Å². The first-order chi connectivity index (χ1) is 12.5. The summed E-state index contributed by atoms with van der Waals surface area (Å²) in [6.45, 7) is 8.84. The number of nitrogens with one attached hydrogen (secondary N) is 1. The zero-order chi connectivity index (χ0) is 19.1. The lowest BCUT2D eigenvalue weighted by Crippen LogP contribution is -2.18. The van der Waals surface area contributed by atoms with Crippen LogP contribution in [0, 0.1) is 6.92 Å². The molecule has 5 heteroatoms. The van der Waals surface area contributed by atoms with Gasteiger partial charge in [0.15, 0.2) is 0 Å². The van der Waals surface area contributed by atoms with Gasteiger partial charge in [0.2, 0.25) is 0 Å². The number of hydrogen-bond donors (Lipinski definition) is 1. The lowest BCUT2D eigenvalue weighted by molar-refractivity contribution is 0.0952. The van der Waals surface area contributed by atoms with Crippen LogP contribution < -0.4 is 14.9 Å². The maximum atomic E-state index is 12.3. The van der Waals surface area contributed by atoms with Gasteiger partial charge >= 0.3 is 0 Å². The molecule has 0 aliphatic rings. The van der Waals surface area contributed by atoms with E-state index in [0.717, 1.165) is 22.4 Å². The maximum Gasteiger partial charge on any atom is 0.275 e. The van der Waals surface area contributed by atoms with Crippen LogP contribution in [0.25, 0.3) is 0 Å². The average Bonchev–Trinajstić information content (AvgIpc) is 2.63. The van der Waals surface area contributed by atoms with Crippen molar-refractivity contribution < 1.29 is 14.3 Å². The smallest absolute Gasteiger partial charge is 0.275 e. The molecule has 0 aromatic heterocycles. The molecule has 1 amide bonds. The molecule has 0 atom stereocenters. The van der Waals surface area contributed by atoms with E-state index >= 15 is 0 Å². The average molecular weight is 354 g/mol. The first-order valence-electron chi connectivity index (χ1n) is 8.71. The molecule has 0 heterocycles. The molecule has 0 saturated heterocycles. The quantitative estimate of drug-likeness (QED) is 0.596. The second kappa shape index (κ2) is 9.04. The van der Waals surface area contributed by atoms with Crippen LogP contribution in [0.4, 0.5) is 0 Å². The van der Waals surface area contributed by atoms with E-state index in [9.17, 15) is 4.79 Å². The highest BCUT2D eigenvalue weighted by molar-refractivity contribution is 5.97. The van der Waals surface area contributed by atoms with Crippen molar-refractivity contribution in [1.29, 1.82) is 0 Å². The second-order valence-electron chi connectivity index (χ2n) is 6.23. The third-order valence-corrected chi connectivity index (χ3v) is 4.04. The molecule has 26 heavy (non-hydrogen) atoms. The third kappa shape index (κ3) is 4.63. The van der Waals surface area contributed by atoms with Gasteiger partial charge in [0.05, 0.1) is 25.5 Å². The second-order valence-corrected chi connectivity index (χ2v) is 6.23. The first kappa shape index (κ1) is 19.5. The fourth-order valence-electron chi connectivity index (χ4n) is 2.64. The summed E-state index contributed by atoms with van der Waals surface area (Å²) in [6.07, 6.45) is 1.66. The highest BCUT2D eigenvalue weighted by Crippen LogP contribution is 2.29. The summed E-state index contributed by atoms with van der Waals surface area (Å²) in [5.41, 5.74) is 6.10. The van der Waals surface area contributed by atoms with Crippen LogP contribution in [0.5, 0.6) is 11.5 Å². The Bertz CT molecular complexity index is 798. The molecule has 0 radical (unpaired) electrons. The van der Waals surface area contributed by atoms with E-state index in [1.165, 1.54) is 7.11 Å². The first-order valence-corrected chi connectivity index (χ1v) is 8.71. The molecule has 2 aromatic carbocycles. The number of nitrogens with zero attached hydrogens (tertiary/aromatic N) is 1. The largest absolute Gasteiger partial charge is 0.496 e. The number of hydrazone groups is 1. The van der Waals surface area contributed by atoms with Crippen LogP contribution >= 0.6 is 0 Å². The highest BCUT2D eigenvalue weighted by atomic mass is 16.5. The topological polar surface area (TPSA) is 59.9 Å². The van der Waals surface area contributed by atoms with E-state index in [2.05, 4.69) is 30.4 Å². The van der Waals surface area contributed by atoms with Crippen molar-refractivity contribution in [2.45, 2.75) is 33.6 Å². The minimum atomic E-state index is -0.314. The van der Waals surface area contributed by atoms with Gasteiger partial charge in [-0.15, -0.1) is 0 Å². The Labute approximate surface area is 155 Å². The Morgan fingerprint density at radius 3 is 2.62 bits per heavy atom. The Balaban J connectivity index is 2.19. The zero-order valence-electron chi connectivity index (χ0n) is 16.0. The van der Waals surface area contributed by atoms with Gasteiger partial charge in [-0.2, -0.15) is 5.10 Å². The number of benzene rings is 2. The number of ether oxygens (including phenoxy) is 2. The number of carbonyl (C=O) groups excluding carboxylic acids is 1. The van der Waals surface area contributed by atoms with Gasteiger partial charge in [0.25, 0.3) is 5.91 Å². The summed E-state index contributed by atoms with van der Waals surface area (Å²) < 4.78 is 10.9. The van der Waals surface area contributed by atoms with E-state index < -0.39 is 0 Å². The monoisotopic (exact) mass is 354 g/mol. The summed E-state index contributed by atoms with van der Waals surface area (Å²) in [5, 5.41) is 4.11. The third-order valence-electron chi connectivity index (χ3n) is 4.04. The van der Waals surface area contributed by atoms with Crippen LogP contribution in [-0.2, 0) is 0 Å². The van der Waals surface area contributed by atoms with Crippen molar-refractivity contribution in [2.75, 3.05) is 13.7 Å². The van der Waals surface area contributed by atoms with E-state index in [4.69, 9.17) is 9.47 Å². The van der Waals surface area contributed by atoms with Crippen LogP contribution in [0.3, 0.4) is 0 Å². The molecule has 0 fully saturated rings. The molecule has 0 bridgehead atoms. The van der Waals surface area contributed by atoms with Gasteiger partial charge in [-0.1, -0.05) is 26.0 Å². The number of hydrogen-bond acceptors (Lipinski definition) is 4. The summed E-state index contributed by atoms with van der Waals surface area (Å²) in [4.78, 5) is 12.3. The van der Waals surface area contributed by atoms with Gasteiger partial charge in [-0.25, -0.2) is 5.43 Å². The molecule has 0 unspecified atom stereocenters. The molecule has 0 spiro atoms. The predicted molar refractivity (Wildman–Crippen MR) is 104 cm³/mol. The number of carbonyl (C=O) groups is 1. The van der Waals surface area contributed by atoms with Gasteiger partial charge in [0, 0.05) is 0 Å². The fraction of sp³-hybridized carbons (Fsp3) is 0.333. The Morgan fingerprint density at radius 1 is 1.23 bits per heavy atom. The van der Waals surface area contributed by atoms with Crippen LogP contribution in [0.2, 0.25) is 0 Å². The Hall–Kier alpha value is -2.82. The molecule has 138 valence electrons. The number of aryl methyl sites for hydroxylation is 1. The lowest BCUT2D eigenvalue weighted by Gasteiger charge is -2.15. The fourth-order valence-corrected chi connectivity index (χ4v) is 2.64. The van der Waals surface area contributed by atoms with Crippen LogP contribution in [0.1, 0.15) is 53.7 Å². The van der Waals surface area contributed by atoms with Gasteiger partial charge in [-0.3, -0.25) is 4.79 Å². The zero-order valence-corrected chi connectivity index (χ0v) is 16.0. The van der Waals surface area contributed by atoms with Gasteiger partial charge in [-0.05, 0) is 60.7 Å². The minimum Gasteiger partial charge on any atom is -0.496 e. The molecule has 0 saturated carbocycles. The standard InChI is InChI=1S/C21H26N2O3/c1-6-26-20-11-15(4)16(12-18(20)14(2)3)13-22-23-21(24)17-9-7-8-10-19(17)25-5/h7-14H,6H2,1-5H3,(H,23,24)/b22-13-. The lowest BCUT2D eigenvalue weighted by atomic mass is 9.97. The summed E-state index contributed by atoms with van der Waals surface area (Å²) in [6, 6.07) is 11.1. The summed E-state index contributed by atoms with van der Waals surface area (Å²) in [5.74, 6) is 1.42. The van der Waals surface area contributed by atoms with Crippen molar-refractivity contribution >= 4 is 12.1 Å². The van der Waals surface area contributed by atoms with Gasteiger partial charge in [0.1, 0.15) is 11.5 Å². The van der Waals surface area contributed by atoms with E-state index in [1.807, 2.05) is 26.0 Å². The van der Waals surface area contributed by atoms with Crippen molar-refractivity contribution in [1.82, 2.24) is 5.43 Å². The van der Waals surface area contributed by atoms with Crippen molar-refractivity contribution in [3.05, 3.63) is 58.7 Å².